The zero-order valence-corrected chi connectivity index (χ0v) is 13.9. The molecule has 3 atom stereocenters. The highest BCUT2D eigenvalue weighted by molar-refractivity contribution is 5.75. The van der Waals surface area contributed by atoms with Crippen molar-refractivity contribution in [2.75, 3.05) is 19.6 Å². The van der Waals surface area contributed by atoms with E-state index in [1.54, 1.807) is 0 Å². The van der Waals surface area contributed by atoms with Crippen molar-refractivity contribution in [3.8, 4) is 0 Å². The molecule has 0 radical (unpaired) electrons. The number of hydrogen-bond donors (Lipinski definition) is 3. The number of hydrogen-bond acceptors (Lipinski definition) is 4. The molecule has 1 saturated heterocycles. The number of nitrogens with zero attached hydrogens (tertiary/aromatic N) is 1. The molecule has 1 aromatic carbocycles. The second-order valence-electron chi connectivity index (χ2n) is 6.62. The molecule has 0 saturated carbocycles. The summed E-state index contributed by atoms with van der Waals surface area (Å²) in [6.45, 7) is 4.78. The van der Waals surface area contributed by atoms with Crippen LogP contribution in [-0.4, -0.2) is 47.7 Å². The molecule has 1 aliphatic rings. The van der Waals surface area contributed by atoms with Crippen LogP contribution in [0.2, 0.25) is 0 Å². The van der Waals surface area contributed by atoms with Gasteiger partial charge in [-0.15, -0.1) is 0 Å². The first kappa shape index (κ1) is 17.9. The van der Waals surface area contributed by atoms with E-state index in [1.807, 2.05) is 25.1 Å². The van der Waals surface area contributed by atoms with Crippen molar-refractivity contribution in [2.45, 2.75) is 44.9 Å². The maximum absolute atomic E-state index is 11.2. The van der Waals surface area contributed by atoms with E-state index in [9.17, 15) is 9.90 Å². The minimum Gasteiger partial charge on any atom is -0.393 e. The van der Waals surface area contributed by atoms with Crippen molar-refractivity contribution in [1.29, 1.82) is 0 Å². The van der Waals surface area contributed by atoms with E-state index >= 15 is 0 Å². The van der Waals surface area contributed by atoms with Crippen LogP contribution in [0.3, 0.4) is 0 Å². The molecule has 128 valence electrons. The van der Waals surface area contributed by atoms with Crippen molar-refractivity contribution in [2.24, 2.45) is 11.7 Å². The van der Waals surface area contributed by atoms with Crippen LogP contribution in [0, 0.1) is 5.92 Å². The number of nitrogens with two attached hydrogens (primary N) is 1. The number of aliphatic hydroxyl groups is 1. The second kappa shape index (κ2) is 9.01. The number of benzene rings is 1. The van der Waals surface area contributed by atoms with Crippen LogP contribution in [0.4, 0.5) is 0 Å². The number of primary amides is 1. The average molecular weight is 319 g/mol. The van der Waals surface area contributed by atoms with Gasteiger partial charge in [-0.25, -0.2) is 0 Å². The first-order chi connectivity index (χ1) is 11.1. The summed E-state index contributed by atoms with van der Waals surface area (Å²) in [7, 11) is 0. The van der Waals surface area contributed by atoms with Gasteiger partial charge in [0, 0.05) is 25.7 Å². The Bertz CT molecular complexity index is 480. The number of likely N-dealkylation sites (tertiary alicyclic amines) is 1. The van der Waals surface area contributed by atoms with Gasteiger partial charge in [0.15, 0.2) is 0 Å². The van der Waals surface area contributed by atoms with Gasteiger partial charge in [0.1, 0.15) is 0 Å². The van der Waals surface area contributed by atoms with Crippen LogP contribution < -0.4 is 11.1 Å². The molecular weight excluding hydrogens is 290 g/mol. The number of nitrogens with one attached hydrogen (secondary N) is 1. The minimum absolute atomic E-state index is 0.261. The number of carbonyl (C=O) groups is 1. The lowest BCUT2D eigenvalue weighted by molar-refractivity contribution is -0.119. The van der Waals surface area contributed by atoms with Crippen molar-refractivity contribution in [1.82, 2.24) is 10.2 Å². The van der Waals surface area contributed by atoms with Gasteiger partial charge >= 0.3 is 0 Å². The lowest BCUT2D eigenvalue weighted by Gasteiger charge is -2.38. The SMILES string of the molecule is CCC(O)CC1CC(NCc2ccccc2)CN(CC(N)=O)C1. The van der Waals surface area contributed by atoms with Gasteiger partial charge in [0.2, 0.25) is 5.91 Å². The van der Waals surface area contributed by atoms with Crippen molar-refractivity contribution in [3.05, 3.63) is 35.9 Å². The summed E-state index contributed by atoms with van der Waals surface area (Å²) in [6, 6.07) is 10.6. The fourth-order valence-electron chi connectivity index (χ4n) is 3.38. The van der Waals surface area contributed by atoms with Gasteiger partial charge in [-0.2, -0.15) is 0 Å². The Balaban J connectivity index is 1.92. The first-order valence-electron chi connectivity index (χ1n) is 8.52. The Morgan fingerprint density at radius 1 is 1.39 bits per heavy atom. The van der Waals surface area contributed by atoms with Crippen LogP contribution in [0.15, 0.2) is 30.3 Å². The van der Waals surface area contributed by atoms with Crippen molar-refractivity contribution < 1.29 is 9.90 Å². The fraction of sp³-hybridized carbons (Fsp3) is 0.611. The summed E-state index contributed by atoms with van der Waals surface area (Å²) in [4.78, 5) is 13.4. The van der Waals surface area contributed by atoms with Gasteiger partial charge in [0.05, 0.1) is 12.6 Å². The van der Waals surface area contributed by atoms with Gasteiger partial charge in [-0.1, -0.05) is 37.3 Å². The summed E-state index contributed by atoms with van der Waals surface area (Å²) >= 11 is 0. The van der Waals surface area contributed by atoms with E-state index < -0.39 is 0 Å². The van der Waals surface area contributed by atoms with Crippen molar-refractivity contribution >= 4 is 5.91 Å². The number of amides is 1. The van der Waals surface area contributed by atoms with E-state index in [4.69, 9.17) is 5.73 Å². The van der Waals surface area contributed by atoms with Crippen LogP contribution >= 0.6 is 0 Å². The first-order valence-corrected chi connectivity index (χ1v) is 8.52. The van der Waals surface area contributed by atoms with Crippen LogP contribution in [0.25, 0.3) is 0 Å². The Kier molecular flexibility index (Phi) is 7.02. The van der Waals surface area contributed by atoms with Crippen LogP contribution in [-0.2, 0) is 11.3 Å². The molecule has 4 N–H and O–H groups in total. The highest BCUT2D eigenvalue weighted by atomic mass is 16.3. The molecule has 5 nitrogen and oxygen atoms in total. The molecule has 3 unspecified atom stereocenters. The molecule has 23 heavy (non-hydrogen) atoms. The number of rotatable bonds is 8. The fourth-order valence-corrected chi connectivity index (χ4v) is 3.38. The third-order valence-corrected chi connectivity index (χ3v) is 4.51. The standard InChI is InChI=1S/C18H29N3O2/c1-2-17(22)9-15-8-16(12-21(11-15)13-18(19)23)20-10-14-6-4-3-5-7-14/h3-7,15-17,20,22H,2,8-13H2,1H3,(H2,19,23). The summed E-state index contributed by atoms with van der Waals surface area (Å²) in [5, 5.41) is 13.5. The van der Waals surface area contributed by atoms with Gasteiger partial charge < -0.3 is 16.2 Å². The molecule has 0 aromatic heterocycles. The summed E-state index contributed by atoms with van der Waals surface area (Å²) in [6.07, 6.45) is 2.33. The zero-order chi connectivity index (χ0) is 16.7. The molecule has 1 heterocycles. The molecule has 0 aliphatic carbocycles. The maximum Gasteiger partial charge on any atom is 0.231 e. The number of aliphatic hydroxyl groups excluding tert-OH is 1. The predicted octanol–water partition coefficient (Wildman–Crippen LogP) is 1.11. The average Bonchev–Trinajstić information content (AvgIpc) is 2.53. The van der Waals surface area contributed by atoms with E-state index in [-0.39, 0.29) is 12.0 Å². The topological polar surface area (TPSA) is 78.6 Å². The molecular formula is C18H29N3O2. The van der Waals surface area contributed by atoms with Gasteiger partial charge in [0.25, 0.3) is 0 Å². The highest BCUT2D eigenvalue weighted by Gasteiger charge is 2.28. The number of piperidine rings is 1. The minimum atomic E-state index is -0.288. The molecule has 1 aromatic rings. The molecule has 2 rings (SSSR count). The maximum atomic E-state index is 11.2. The third-order valence-electron chi connectivity index (χ3n) is 4.51. The van der Waals surface area contributed by atoms with E-state index in [2.05, 4.69) is 22.3 Å². The normalized spacial score (nSPS) is 23.6. The molecule has 1 fully saturated rings. The lowest BCUT2D eigenvalue weighted by atomic mass is 9.88. The van der Waals surface area contributed by atoms with E-state index in [0.717, 1.165) is 38.9 Å². The van der Waals surface area contributed by atoms with Gasteiger partial charge in [-0.3, -0.25) is 9.69 Å². The molecule has 0 bridgehead atoms. The monoisotopic (exact) mass is 319 g/mol. The summed E-state index contributed by atoms with van der Waals surface area (Å²) in [5.74, 6) is 0.106. The Morgan fingerprint density at radius 3 is 2.78 bits per heavy atom. The van der Waals surface area contributed by atoms with E-state index in [0.29, 0.717) is 18.5 Å². The molecule has 5 heteroatoms. The highest BCUT2D eigenvalue weighted by Crippen LogP contribution is 2.22. The van der Waals surface area contributed by atoms with Gasteiger partial charge in [-0.05, 0) is 30.7 Å². The van der Waals surface area contributed by atoms with Crippen LogP contribution in [0.1, 0.15) is 31.7 Å². The van der Waals surface area contributed by atoms with Crippen molar-refractivity contribution in [3.63, 3.8) is 0 Å². The lowest BCUT2D eigenvalue weighted by Crippen LogP contribution is -2.51. The Hall–Kier alpha value is -1.43. The molecule has 0 spiro atoms. The van der Waals surface area contributed by atoms with E-state index in [1.165, 1.54) is 5.56 Å². The largest absolute Gasteiger partial charge is 0.393 e. The number of carbonyl (C=O) groups excluding carboxylic acids is 1. The summed E-state index contributed by atoms with van der Waals surface area (Å²) in [5.41, 5.74) is 6.61. The predicted molar refractivity (Wildman–Crippen MR) is 91.7 cm³/mol. The zero-order valence-electron chi connectivity index (χ0n) is 13.9. The second-order valence-corrected chi connectivity index (χ2v) is 6.62. The molecule has 1 amide bonds. The molecule has 1 aliphatic heterocycles. The quantitative estimate of drug-likeness (QED) is 0.671. The smallest absolute Gasteiger partial charge is 0.231 e. The third kappa shape index (κ3) is 6.29. The van der Waals surface area contributed by atoms with Crippen LogP contribution in [0.5, 0.6) is 0 Å². The Morgan fingerprint density at radius 2 is 2.13 bits per heavy atom. The summed E-state index contributed by atoms with van der Waals surface area (Å²) < 4.78 is 0. The Labute approximate surface area is 138 Å².